The number of ether oxygens (including phenoxy) is 2. The molecule has 0 aliphatic heterocycles. The zero-order valence-corrected chi connectivity index (χ0v) is 18.7. The monoisotopic (exact) mass is 459 g/mol. The van der Waals surface area contributed by atoms with Crippen LogP contribution in [0.4, 0.5) is 11.4 Å². The Morgan fingerprint density at radius 1 is 1.00 bits per heavy atom. The molecule has 3 aromatic carbocycles. The van der Waals surface area contributed by atoms with E-state index in [1.165, 1.54) is 12.0 Å². The number of benzene rings is 3. The van der Waals surface area contributed by atoms with Crippen molar-refractivity contribution in [3.63, 3.8) is 0 Å². The minimum absolute atomic E-state index is 0.0982. The molecule has 8 heteroatoms. The highest BCUT2D eigenvalue weighted by molar-refractivity contribution is 6.05. The van der Waals surface area contributed by atoms with Gasteiger partial charge in [0.1, 0.15) is 24.7 Å². The third kappa shape index (κ3) is 5.36. The minimum Gasteiger partial charge on any atom is -0.492 e. The predicted molar refractivity (Wildman–Crippen MR) is 130 cm³/mol. The molecule has 0 fully saturated rings. The third-order valence-corrected chi connectivity index (χ3v) is 5.16. The normalized spacial score (nSPS) is 10.7. The van der Waals surface area contributed by atoms with Crippen molar-refractivity contribution in [2.75, 3.05) is 38.0 Å². The number of nitrogens with one attached hydrogen (secondary N) is 1. The number of carbonyl (C=O) groups excluding carboxylic acids is 2. The number of anilines is 2. The maximum absolute atomic E-state index is 12.9. The van der Waals surface area contributed by atoms with Crippen molar-refractivity contribution in [2.45, 2.75) is 0 Å². The van der Waals surface area contributed by atoms with Gasteiger partial charge in [-0.05, 0) is 48.5 Å². The van der Waals surface area contributed by atoms with Crippen LogP contribution in [-0.4, -0.2) is 43.7 Å². The van der Waals surface area contributed by atoms with Gasteiger partial charge in [-0.2, -0.15) is 0 Å². The first kappa shape index (κ1) is 22.9. The minimum atomic E-state index is -0.283. The highest BCUT2D eigenvalue weighted by Gasteiger charge is 2.20. The topological polar surface area (TPSA) is 107 Å². The van der Waals surface area contributed by atoms with Gasteiger partial charge >= 0.3 is 0 Å². The molecule has 2 amide bonds. The van der Waals surface area contributed by atoms with Crippen LogP contribution < -0.4 is 15.8 Å². The Morgan fingerprint density at radius 3 is 2.47 bits per heavy atom. The summed E-state index contributed by atoms with van der Waals surface area (Å²) in [7, 11) is 1.52. The SMILES string of the molecule is COCN(CCOc1ccc(C(=O)Nc2ccccc2N)cc1)C(=O)c1cc2ccccc2o1. The Bertz CT molecular complexity index is 1250. The van der Waals surface area contributed by atoms with E-state index in [4.69, 9.17) is 19.6 Å². The van der Waals surface area contributed by atoms with E-state index in [2.05, 4.69) is 5.32 Å². The van der Waals surface area contributed by atoms with Gasteiger partial charge < -0.3 is 29.8 Å². The number of para-hydroxylation sites is 3. The Morgan fingerprint density at radius 2 is 1.74 bits per heavy atom. The van der Waals surface area contributed by atoms with Gasteiger partial charge in [0.15, 0.2) is 5.76 Å². The number of fused-ring (bicyclic) bond motifs is 1. The van der Waals surface area contributed by atoms with Gasteiger partial charge in [-0.15, -0.1) is 0 Å². The molecule has 0 saturated heterocycles. The Balaban J connectivity index is 1.33. The molecule has 0 unspecified atom stereocenters. The smallest absolute Gasteiger partial charge is 0.291 e. The number of rotatable bonds is 9. The number of amides is 2. The zero-order chi connectivity index (χ0) is 23.9. The van der Waals surface area contributed by atoms with Gasteiger partial charge in [-0.1, -0.05) is 30.3 Å². The average Bonchev–Trinajstić information content (AvgIpc) is 3.29. The summed E-state index contributed by atoms with van der Waals surface area (Å²) in [6.45, 7) is 0.627. The lowest BCUT2D eigenvalue weighted by molar-refractivity contribution is 0.0349. The number of methoxy groups -OCH3 is 1. The van der Waals surface area contributed by atoms with Crippen molar-refractivity contribution in [3.8, 4) is 5.75 Å². The first-order valence-corrected chi connectivity index (χ1v) is 10.7. The third-order valence-electron chi connectivity index (χ3n) is 5.16. The summed E-state index contributed by atoms with van der Waals surface area (Å²) in [5.41, 5.74) is 8.04. The average molecular weight is 460 g/mol. The second-order valence-electron chi connectivity index (χ2n) is 7.55. The molecule has 0 spiro atoms. The molecule has 4 rings (SSSR count). The van der Waals surface area contributed by atoms with Crippen molar-refractivity contribution in [1.82, 2.24) is 4.90 Å². The summed E-state index contributed by atoms with van der Waals surface area (Å²) in [6, 6.07) is 22.9. The van der Waals surface area contributed by atoms with E-state index in [0.717, 1.165) is 5.39 Å². The highest BCUT2D eigenvalue weighted by atomic mass is 16.5. The van der Waals surface area contributed by atoms with Crippen LogP contribution >= 0.6 is 0 Å². The van der Waals surface area contributed by atoms with Gasteiger partial charge in [0, 0.05) is 18.1 Å². The standard InChI is InChI=1S/C26H25N3O5/c1-32-17-29(26(31)24-16-19-6-2-5-9-23(19)34-24)14-15-33-20-12-10-18(11-13-20)25(30)28-22-8-4-3-7-21(22)27/h2-13,16H,14-15,17,27H2,1H3,(H,28,30). The maximum Gasteiger partial charge on any atom is 0.291 e. The molecule has 0 aliphatic rings. The van der Waals surface area contributed by atoms with E-state index in [0.29, 0.717) is 34.8 Å². The Hall–Kier alpha value is -4.30. The van der Waals surface area contributed by atoms with Crippen molar-refractivity contribution in [2.24, 2.45) is 0 Å². The molecule has 0 atom stereocenters. The number of furan rings is 1. The van der Waals surface area contributed by atoms with Gasteiger partial charge in [-0.25, -0.2) is 0 Å². The van der Waals surface area contributed by atoms with Gasteiger partial charge in [0.05, 0.1) is 17.9 Å². The fraction of sp³-hybridized carbons (Fsp3) is 0.154. The predicted octanol–water partition coefficient (Wildman–Crippen LogP) is 4.39. The molecule has 174 valence electrons. The lowest BCUT2D eigenvalue weighted by Crippen LogP contribution is -2.36. The summed E-state index contributed by atoms with van der Waals surface area (Å²) < 4.78 is 16.6. The van der Waals surface area contributed by atoms with E-state index in [1.54, 1.807) is 54.6 Å². The summed E-state index contributed by atoms with van der Waals surface area (Å²) >= 11 is 0. The zero-order valence-electron chi connectivity index (χ0n) is 18.7. The van der Waals surface area contributed by atoms with Crippen LogP contribution in [0.3, 0.4) is 0 Å². The summed E-state index contributed by atoms with van der Waals surface area (Å²) in [4.78, 5) is 26.8. The molecule has 0 bridgehead atoms. The van der Waals surface area contributed by atoms with Crippen LogP contribution in [0.15, 0.2) is 83.3 Å². The molecular formula is C26H25N3O5. The molecular weight excluding hydrogens is 434 g/mol. The van der Waals surface area contributed by atoms with Crippen LogP contribution in [0.5, 0.6) is 5.75 Å². The van der Waals surface area contributed by atoms with Crippen molar-refractivity contribution >= 4 is 34.2 Å². The van der Waals surface area contributed by atoms with E-state index in [1.807, 2.05) is 24.3 Å². The molecule has 34 heavy (non-hydrogen) atoms. The van der Waals surface area contributed by atoms with Crippen LogP contribution in [-0.2, 0) is 4.74 Å². The largest absolute Gasteiger partial charge is 0.492 e. The Labute approximate surface area is 196 Å². The number of carbonyl (C=O) groups is 2. The second kappa shape index (κ2) is 10.5. The van der Waals surface area contributed by atoms with Crippen LogP contribution in [0.1, 0.15) is 20.9 Å². The molecule has 0 saturated carbocycles. The fourth-order valence-corrected chi connectivity index (χ4v) is 3.41. The molecule has 1 aromatic heterocycles. The first-order valence-electron chi connectivity index (χ1n) is 10.7. The van der Waals surface area contributed by atoms with E-state index >= 15 is 0 Å². The van der Waals surface area contributed by atoms with Crippen molar-refractivity contribution < 1.29 is 23.5 Å². The Kier molecular flexibility index (Phi) is 7.10. The summed E-state index contributed by atoms with van der Waals surface area (Å²) in [6.07, 6.45) is 0. The molecule has 3 N–H and O–H groups in total. The number of nitrogens with zero attached hydrogens (tertiary/aromatic N) is 1. The molecule has 8 nitrogen and oxygen atoms in total. The van der Waals surface area contributed by atoms with Crippen LogP contribution in [0.25, 0.3) is 11.0 Å². The summed E-state index contributed by atoms with van der Waals surface area (Å²) in [5, 5.41) is 3.64. The van der Waals surface area contributed by atoms with Gasteiger partial charge in [0.2, 0.25) is 0 Å². The number of nitrogens with two attached hydrogens (primary N) is 1. The lowest BCUT2D eigenvalue weighted by atomic mass is 10.2. The molecule has 0 radical (unpaired) electrons. The van der Waals surface area contributed by atoms with Gasteiger partial charge in [0.25, 0.3) is 11.8 Å². The van der Waals surface area contributed by atoms with Gasteiger partial charge in [-0.3, -0.25) is 9.59 Å². The highest BCUT2D eigenvalue weighted by Crippen LogP contribution is 2.21. The molecule has 4 aromatic rings. The molecule has 0 aliphatic carbocycles. The first-order chi connectivity index (χ1) is 16.5. The van der Waals surface area contributed by atoms with E-state index < -0.39 is 0 Å². The summed E-state index contributed by atoms with van der Waals surface area (Å²) in [5.74, 6) is 0.262. The second-order valence-corrected chi connectivity index (χ2v) is 7.55. The van der Waals surface area contributed by atoms with E-state index in [-0.39, 0.29) is 30.9 Å². The molecule has 1 heterocycles. The number of nitrogen functional groups attached to an aromatic ring is 1. The maximum atomic E-state index is 12.9. The van der Waals surface area contributed by atoms with Crippen molar-refractivity contribution in [1.29, 1.82) is 0 Å². The number of hydrogen-bond acceptors (Lipinski definition) is 6. The number of hydrogen-bond donors (Lipinski definition) is 2. The van der Waals surface area contributed by atoms with E-state index in [9.17, 15) is 9.59 Å². The van der Waals surface area contributed by atoms with Crippen molar-refractivity contribution in [3.05, 3.63) is 90.2 Å². The fourth-order valence-electron chi connectivity index (χ4n) is 3.41. The van der Waals surface area contributed by atoms with Crippen LogP contribution in [0.2, 0.25) is 0 Å². The van der Waals surface area contributed by atoms with Crippen LogP contribution in [0, 0.1) is 0 Å². The lowest BCUT2D eigenvalue weighted by Gasteiger charge is -2.20. The quantitative estimate of drug-likeness (QED) is 0.284.